The Labute approximate surface area is 120 Å². The average molecular weight is 297 g/mol. The van der Waals surface area contributed by atoms with Gasteiger partial charge in [-0.2, -0.15) is 19.3 Å². The molecule has 19 heavy (non-hydrogen) atoms. The third kappa shape index (κ3) is 3.51. The van der Waals surface area contributed by atoms with Crippen LogP contribution in [-0.4, -0.2) is 44.4 Å². The van der Waals surface area contributed by atoms with Crippen LogP contribution in [0.4, 0.5) is 11.9 Å². The Balaban J connectivity index is 2.30. The highest BCUT2D eigenvalue weighted by Gasteiger charge is 2.12. The molecule has 2 heterocycles. The van der Waals surface area contributed by atoms with Crippen molar-refractivity contribution in [2.75, 3.05) is 30.4 Å². The van der Waals surface area contributed by atoms with Crippen LogP contribution in [-0.2, 0) is 0 Å². The van der Waals surface area contributed by atoms with Crippen molar-refractivity contribution in [3.63, 3.8) is 0 Å². The molecule has 0 saturated heterocycles. The Morgan fingerprint density at radius 3 is 2.63 bits per heavy atom. The molecule has 0 radical (unpaired) electrons. The molecule has 2 aromatic heterocycles. The first-order valence-electron chi connectivity index (χ1n) is 5.90. The summed E-state index contributed by atoms with van der Waals surface area (Å²) in [6.07, 6.45) is 1.53. The van der Waals surface area contributed by atoms with Gasteiger partial charge >= 0.3 is 0 Å². The van der Waals surface area contributed by atoms with Crippen LogP contribution >= 0.6 is 23.3 Å². The molecule has 0 fully saturated rings. The minimum Gasteiger partial charge on any atom is -0.357 e. The predicted molar refractivity (Wildman–Crippen MR) is 77.0 cm³/mol. The lowest BCUT2D eigenvalue weighted by Gasteiger charge is -2.18. The first-order chi connectivity index (χ1) is 9.26. The van der Waals surface area contributed by atoms with Crippen molar-refractivity contribution in [3.05, 3.63) is 6.33 Å². The second-order valence-electron chi connectivity index (χ2n) is 3.47. The van der Waals surface area contributed by atoms with Crippen molar-refractivity contribution in [3.8, 4) is 0 Å². The highest BCUT2D eigenvalue weighted by molar-refractivity contribution is 8.00. The van der Waals surface area contributed by atoms with Gasteiger partial charge in [-0.1, -0.05) is 0 Å². The van der Waals surface area contributed by atoms with Crippen LogP contribution in [0.15, 0.2) is 15.8 Å². The third-order valence-corrected chi connectivity index (χ3v) is 3.97. The smallest absolute Gasteiger partial charge is 0.231 e. The van der Waals surface area contributed by atoms with E-state index in [2.05, 4.69) is 48.4 Å². The molecule has 0 unspecified atom stereocenters. The summed E-state index contributed by atoms with van der Waals surface area (Å²) in [6, 6.07) is 0. The molecule has 7 nitrogen and oxygen atoms in total. The quantitative estimate of drug-likeness (QED) is 0.864. The molecular weight excluding hydrogens is 282 g/mol. The zero-order valence-electron chi connectivity index (χ0n) is 11.0. The Kier molecular flexibility index (Phi) is 4.86. The summed E-state index contributed by atoms with van der Waals surface area (Å²) in [5, 5.41) is 3.58. The Morgan fingerprint density at radius 1 is 1.26 bits per heavy atom. The molecule has 102 valence electrons. The van der Waals surface area contributed by atoms with E-state index in [9.17, 15) is 0 Å². The van der Waals surface area contributed by atoms with Gasteiger partial charge in [-0.15, -0.1) is 0 Å². The van der Waals surface area contributed by atoms with E-state index in [1.807, 2.05) is 0 Å². The van der Waals surface area contributed by atoms with E-state index in [0.29, 0.717) is 17.1 Å². The average Bonchev–Trinajstić information content (AvgIpc) is 2.93. The molecule has 1 N–H and O–H groups in total. The van der Waals surface area contributed by atoms with Gasteiger partial charge in [0.15, 0.2) is 4.34 Å². The largest absolute Gasteiger partial charge is 0.357 e. The second kappa shape index (κ2) is 6.62. The summed E-state index contributed by atoms with van der Waals surface area (Å²) in [7, 11) is 1.79. The van der Waals surface area contributed by atoms with Crippen LogP contribution in [0.2, 0.25) is 0 Å². The number of anilines is 2. The molecule has 0 saturated carbocycles. The maximum atomic E-state index is 4.46. The molecule has 0 atom stereocenters. The number of rotatable bonds is 6. The van der Waals surface area contributed by atoms with Crippen molar-refractivity contribution in [1.29, 1.82) is 0 Å². The van der Waals surface area contributed by atoms with Gasteiger partial charge < -0.3 is 10.2 Å². The van der Waals surface area contributed by atoms with Gasteiger partial charge in [-0.25, -0.2) is 4.98 Å². The molecule has 0 spiro atoms. The van der Waals surface area contributed by atoms with Crippen molar-refractivity contribution in [2.45, 2.75) is 23.3 Å². The Bertz CT molecular complexity index is 513. The van der Waals surface area contributed by atoms with Crippen LogP contribution in [0.1, 0.15) is 13.8 Å². The fraction of sp³-hybridized carbons (Fsp3) is 0.500. The van der Waals surface area contributed by atoms with E-state index in [1.165, 1.54) is 29.6 Å². The number of nitrogens with zero attached hydrogens (tertiary/aromatic N) is 6. The van der Waals surface area contributed by atoms with Crippen LogP contribution in [0.5, 0.6) is 0 Å². The zero-order chi connectivity index (χ0) is 13.7. The Morgan fingerprint density at radius 2 is 2.05 bits per heavy atom. The van der Waals surface area contributed by atoms with Crippen molar-refractivity contribution in [1.82, 2.24) is 24.3 Å². The maximum Gasteiger partial charge on any atom is 0.231 e. The standard InChI is InChI=1S/C10H15N7S2/c1-4-17(5-2)8-14-7(11-3)15-9(16-8)18-10-12-6-13-19-10/h6H,4-5H2,1-3H3,(H,11,14,15,16). The van der Waals surface area contributed by atoms with Crippen LogP contribution in [0.25, 0.3) is 0 Å². The lowest BCUT2D eigenvalue weighted by Crippen LogP contribution is -2.25. The van der Waals surface area contributed by atoms with Crippen LogP contribution in [0.3, 0.4) is 0 Å². The summed E-state index contributed by atoms with van der Waals surface area (Å²) in [5.74, 6) is 1.24. The second-order valence-corrected chi connectivity index (χ2v) is 5.47. The van der Waals surface area contributed by atoms with Gasteiger partial charge in [-0.05, 0) is 37.1 Å². The van der Waals surface area contributed by atoms with Crippen LogP contribution in [0, 0.1) is 0 Å². The molecule has 2 aromatic rings. The lowest BCUT2D eigenvalue weighted by molar-refractivity contribution is 0.784. The predicted octanol–water partition coefficient (Wildman–Crippen LogP) is 1.76. The number of hydrogen-bond donors (Lipinski definition) is 1. The summed E-state index contributed by atoms with van der Waals surface area (Å²) in [6.45, 7) is 5.85. The van der Waals surface area contributed by atoms with E-state index >= 15 is 0 Å². The van der Waals surface area contributed by atoms with Gasteiger partial charge in [-0.3, -0.25) is 0 Å². The third-order valence-electron chi connectivity index (χ3n) is 2.39. The normalized spacial score (nSPS) is 10.5. The zero-order valence-corrected chi connectivity index (χ0v) is 12.6. The van der Waals surface area contributed by atoms with Gasteiger partial charge in [0.05, 0.1) is 0 Å². The van der Waals surface area contributed by atoms with Gasteiger partial charge in [0.25, 0.3) is 0 Å². The molecular formula is C10H15N7S2. The summed E-state index contributed by atoms with van der Waals surface area (Å²) < 4.78 is 4.78. The monoisotopic (exact) mass is 297 g/mol. The van der Waals surface area contributed by atoms with E-state index in [0.717, 1.165) is 17.4 Å². The molecule has 2 rings (SSSR count). The Hall–Kier alpha value is -1.48. The summed E-state index contributed by atoms with van der Waals surface area (Å²) in [5.41, 5.74) is 0. The fourth-order valence-corrected chi connectivity index (χ4v) is 2.73. The molecule has 0 aliphatic carbocycles. The van der Waals surface area contributed by atoms with Crippen molar-refractivity contribution >= 4 is 35.2 Å². The number of aromatic nitrogens is 5. The SMILES string of the molecule is CCN(CC)c1nc(NC)nc(Sc2ncns2)n1. The van der Waals surface area contributed by atoms with Crippen molar-refractivity contribution < 1.29 is 0 Å². The molecule has 0 aliphatic heterocycles. The summed E-state index contributed by atoms with van der Waals surface area (Å²) in [4.78, 5) is 19.3. The van der Waals surface area contributed by atoms with Gasteiger partial charge in [0, 0.05) is 20.1 Å². The molecule has 0 amide bonds. The first-order valence-corrected chi connectivity index (χ1v) is 7.49. The van der Waals surface area contributed by atoms with E-state index in [-0.39, 0.29) is 0 Å². The van der Waals surface area contributed by atoms with E-state index < -0.39 is 0 Å². The topological polar surface area (TPSA) is 79.7 Å². The fourth-order valence-electron chi connectivity index (χ4n) is 1.44. The lowest BCUT2D eigenvalue weighted by atomic mass is 10.5. The molecule has 0 bridgehead atoms. The molecule has 0 aromatic carbocycles. The van der Waals surface area contributed by atoms with Gasteiger partial charge in [0.1, 0.15) is 6.33 Å². The van der Waals surface area contributed by atoms with Crippen molar-refractivity contribution in [2.24, 2.45) is 0 Å². The number of nitrogens with one attached hydrogen (secondary N) is 1. The van der Waals surface area contributed by atoms with E-state index in [4.69, 9.17) is 0 Å². The maximum absolute atomic E-state index is 4.46. The van der Waals surface area contributed by atoms with E-state index in [1.54, 1.807) is 7.05 Å². The number of hydrogen-bond acceptors (Lipinski definition) is 9. The minimum atomic E-state index is 0.559. The van der Waals surface area contributed by atoms with Gasteiger partial charge in [0.2, 0.25) is 17.1 Å². The van der Waals surface area contributed by atoms with Crippen LogP contribution < -0.4 is 10.2 Å². The minimum absolute atomic E-state index is 0.559. The first kappa shape index (κ1) is 13.9. The highest BCUT2D eigenvalue weighted by Crippen LogP contribution is 2.26. The summed E-state index contributed by atoms with van der Waals surface area (Å²) >= 11 is 2.72. The highest BCUT2D eigenvalue weighted by atomic mass is 32.2. The molecule has 9 heteroatoms. The molecule has 0 aliphatic rings.